The van der Waals surface area contributed by atoms with Crippen LogP contribution >= 0.6 is 15.6 Å². The van der Waals surface area contributed by atoms with Crippen LogP contribution in [-0.2, 0) is 65.4 Å². The highest BCUT2D eigenvalue weighted by atomic mass is 31.2. The summed E-state index contributed by atoms with van der Waals surface area (Å²) >= 11 is 0. The molecule has 0 spiro atoms. The second-order valence-corrected chi connectivity index (χ2v) is 24.8. The van der Waals surface area contributed by atoms with E-state index >= 15 is 0 Å². The number of ether oxygens (including phenoxy) is 4. The average Bonchev–Trinajstić information content (AvgIpc) is 3.40. The predicted octanol–water partition coefficient (Wildman–Crippen LogP) is 15.8. The third kappa shape index (κ3) is 53.4. The van der Waals surface area contributed by atoms with Gasteiger partial charge in [-0.25, -0.2) is 9.13 Å². The molecule has 78 heavy (non-hydrogen) atoms. The summed E-state index contributed by atoms with van der Waals surface area (Å²) in [6.45, 7) is 7.00. The second-order valence-electron chi connectivity index (χ2n) is 21.9. The van der Waals surface area contributed by atoms with Gasteiger partial charge in [-0.15, -0.1) is 0 Å². The van der Waals surface area contributed by atoms with Gasteiger partial charge in [-0.05, 0) is 31.6 Å². The first-order valence-electron chi connectivity index (χ1n) is 31.1. The van der Waals surface area contributed by atoms with E-state index in [1.54, 1.807) is 0 Å². The molecular formula is C59H114O17P2. The maximum absolute atomic E-state index is 12.9. The fourth-order valence-electron chi connectivity index (χ4n) is 8.70. The molecule has 0 saturated carbocycles. The first-order valence-corrected chi connectivity index (χ1v) is 34.1. The van der Waals surface area contributed by atoms with Gasteiger partial charge in [0.1, 0.15) is 19.3 Å². The van der Waals surface area contributed by atoms with E-state index in [1.165, 1.54) is 109 Å². The lowest BCUT2D eigenvalue weighted by Crippen LogP contribution is -2.30. The number of hydrogen-bond donors (Lipinski definition) is 3. The van der Waals surface area contributed by atoms with Gasteiger partial charge in [0, 0.05) is 25.7 Å². The van der Waals surface area contributed by atoms with E-state index in [4.69, 9.17) is 37.0 Å². The number of esters is 4. The van der Waals surface area contributed by atoms with Gasteiger partial charge >= 0.3 is 39.5 Å². The molecule has 3 N–H and O–H groups in total. The topological polar surface area (TPSA) is 237 Å². The quantitative estimate of drug-likeness (QED) is 0.0222. The van der Waals surface area contributed by atoms with E-state index in [9.17, 15) is 43.2 Å². The van der Waals surface area contributed by atoms with Crippen molar-refractivity contribution in [3.63, 3.8) is 0 Å². The van der Waals surface area contributed by atoms with Crippen LogP contribution in [-0.4, -0.2) is 96.7 Å². The van der Waals surface area contributed by atoms with Crippen molar-refractivity contribution in [3.05, 3.63) is 0 Å². The second kappa shape index (κ2) is 53.1. The Morgan fingerprint density at radius 1 is 0.346 bits per heavy atom. The number of carbonyl (C=O) groups excluding carboxylic acids is 4. The lowest BCUT2D eigenvalue weighted by Gasteiger charge is -2.21. The zero-order valence-electron chi connectivity index (χ0n) is 49.8. The molecule has 0 aromatic carbocycles. The van der Waals surface area contributed by atoms with E-state index in [2.05, 4.69) is 34.6 Å². The van der Waals surface area contributed by atoms with E-state index in [0.29, 0.717) is 31.6 Å². The Labute approximate surface area is 473 Å². The van der Waals surface area contributed by atoms with Crippen LogP contribution in [0, 0.1) is 5.92 Å². The molecule has 0 saturated heterocycles. The third-order valence-corrected chi connectivity index (χ3v) is 15.4. The molecule has 0 fully saturated rings. The summed E-state index contributed by atoms with van der Waals surface area (Å²) in [6, 6.07) is 0. The molecule has 0 radical (unpaired) electrons. The summed E-state index contributed by atoms with van der Waals surface area (Å²) in [5.41, 5.74) is 0. The smallest absolute Gasteiger partial charge is 0.462 e. The maximum atomic E-state index is 12.9. The monoisotopic (exact) mass is 1160 g/mol. The molecule has 0 aromatic rings. The Kier molecular flexibility index (Phi) is 51.8. The van der Waals surface area contributed by atoms with Crippen LogP contribution in [0.1, 0.15) is 291 Å². The molecule has 0 aliphatic rings. The van der Waals surface area contributed by atoms with Gasteiger partial charge < -0.3 is 33.8 Å². The van der Waals surface area contributed by atoms with E-state index in [-0.39, 0.29) is 25.7 Å². The van der Waals surface area contributed by atoms with Crippen LogP contribution < -0.4 is 0 Å². The summed E-state index contributed by atoms with van der Waals surface area (Å²) in [7, 11) is -9.87. The molecule has 2 unspecified atom stereocenters. The molecule has 0 amide bonds. The maximum Gasteiger partial charge on any atom is 0.472 e. The number of carbonyl (C=O) groups is 4. The summed E-state index contributed by atoms with van der Waals surface area (Å²) in [4.78, 5) is 71.7. The predicted molar refractivity (Wildman–Crippen MR) is 308 cm³/mol. The van der Waals surface area contributed by atoms with Crippen LogP contribution in [0.15, 0.2) is 0 Å². The summed E-state index contributed by atoms with van der Waals surface area (Å²) < 4.78 is 67.6. The van der Waals surface area contributed by atoms with Gasteiger partial charge in [-0.2, -0.15) is 0 Å². The van der Waals surface area contributed by atoms with Crippen molar-refractivity contribution in [3.8, 4) is 0 Å². The standard InChI is InChI=1S/C59H114O17P2/c1-6-9-12-15-17-19-21-23-25-29-34-39-44-58(63)76-55(49-70-57(62)43-38-33-28-24-22-20-18-16-13-10-7-2)51-74-78(67,68)72-47-53(60)46-71-77(65,66)73-50-54(48-69-56(61)42-37-31-14-11-8-3)75-59(64)45-40-35-30-26-27-32-36-41-52(4)5/h52-55,60H,6-51H2,1-5H3,(H,65,66)(H,67,68)/t53-,54+,55+/m0/s1. The van der Waals surface area contributed by atoms with E-state index in [1.807, 2.05) is 0 Å². The Morgan fingerprint density at radius 3 is 0.872 bits per heavy atom. The van der Waals surface area contributed by atoms with Crippen LogP contribution in [0.3, 0.4) is 0 Å². The Morgan fingerprint density at radius 2 is 0.590 bits per heavy atom. The largest absolute Gasteiger partial charge is 0.472 e. The van der Waals surface area contributed by atoms with Crippen molar-refractivity contribution in [1.82, 2.24) is 0 Å². The lowest BCUT2D eigenvalue weighted by molar-refractivity contribution is -0.161. The molecular weight excluding hydrogens is 1040 g/mol. The van der Waals surface area contributed by atoms with Gasteiger partial charge in [-0.1, -0.05) is 240 Å². The van der Waals surface area contributed by atoms with Crippen molar-refractivity contribution in [2.75, 3.05) is 39.6 Å². The van der Waals surface area contributed by atoms with Crippen molar-refractivity contribution in [2.45, 2.75) is 310 Å². The normalized spacial score (nSPS) is 14.4. The van der Waals surface area contributed by atoms with Crippen LogP contribution in [0.25, 0.3) is 0 Å². The minimum Gasteiger partial charge on any atom is -0.462 e. The molecule has 19 heteroatoms. The number of aliphatic hydroxyl groups excluding tert-OH is 1. The van der Waals surface area contributed by atoms with Crippen LogP contribution in [0.2, 0.25) is 0 Å². The van der Waals surface area contributed by atoms with E-state index in [0.717, 1.165) is 96.3 Å². The molecule has 0 aromatic heterocycles. The van der Waals surface area contributed by atoms with Crippen LogP contribution in [0.4, 0.5) is 0 Å². The zero-order valence-corrected chi connectivity index (χ0v) is 51.6. The van der Waals surface area contributed by atoms with Gasteiger partial charge in [0.15, 0.2) is 12.2 Å². The number of hydrogen-bond acceptors (Lipinski definition) is 15. The van der Waals surface area contributed by atoms with Crippen LogP contribution in [0.5, 0.6) is 0 Å². The minimum atomic E-state index is -4.94. The first-order chi connectivity index (χ1) is 37.5. The van der Waals surface area contributed by atoms with Crippen molar-refractivity contribution in [1.29, 1.82) is 0 Å². The first kappa shape index (κ1) is 76.1. The minimum absolute atomic E-state index is 0.103. The molecule has 0 aliphatic heterocycles. The molecule has 462 valence electrons. The Bertz CT molecular complexity index is 1530. The van der Waals surface area contributed by atoms with Crippen molar-refractivity contribution in [2.24, 2.45) is 5.92 Å². The van der Waals surface area contributed by atoms with Gasteiger partial charge in [-0.3, -0.25) is 37.3 Å². The summed E-state index contributed by atoms with van der Waals surface area (Å²) in [5, 5.41) is 10.5. The highest BCUT2D eigenvalue weighted by molar-refractivity contribution is 7.47. The fourth-order valence-corrected chi connectivity index (χ4v) is 10.3. The molecule has 0 bridgehead atoms. The number of aliphatic hydroxyl groups is 1. The molecule has 5 atom stereocenters. The number of phosphoric acid groups is 2. The Hall–Kier alpha value is -1.94. The molecule has 0 heterocycles. The molecule has 17 nitrogen and oxygen atoms in total. The summed E-state index contributed by atoms with van der Waals surface area (Å²) in [6.07, 6.45) is 35.2. The number of phosphoric ester groups is 2. The highest BCUT2D eigenvalue weighted by Gasteiger charge is 2.30. The SMILES string of the molecule is CCCCCCCCCCCCCCC(=O)O[C@H](COC(=O)CCCCCCCCCCCCC)COP(=O)(O)OC[C@@H](O)COP(=O)(O)OC[C@@H](COC(=O)CCCCCCC)OC(=O)CCCCCCCCCC(C)C. The number of unbranched alkanes of at least 4 members (excludes halogenated alkanes) is 31. The summed E-state index contributed by atoms with van der Waals surface area (Å²) in [5.74, 6) is -1.45. The fraction of sp³-hybridized carbons (Fsp3) is 0.932. The lowest BCUT2D eigenvalue weighted by atomic mass is 10.0. The van der Waals surface area contributed by atoms with Crippen molar-refractivity contribution >= 4 is 39.5 Å². The van der Waals surface area contributed by atoms with Crippen molar-refractivity contribution < 1.29 is 80.2 Å². The molecule has 0 rings (SSSR count). The average molecular weight is 1160 g/mol. The van der Waals surface area contributed by atoms with Gasteiger partial charge in [0.2, 0.25) is 0 Å². The van der Waals surface area contributed by atoms with Gasteiger partial charge in [0.05, 0.1) is 26.4 Å². The zero-order chi connectivity index (χ0) is 57.8. The Balaban J connectivity index is 5.18. The number of rotatable bonds is 59. The third-order valence-electron chi connectivity index (χ3n) is 13.5. The molecule has 0 aliphatic carbocycles. The van der Waals surface area contributed by atoms with Gasteiger partial charge in [0.25, 0.3) is 0 Å². The highest BCUT2D eigenvalue weighted by Crippen LogP contribution is 2.45. The van der Waals surface area contributed by atoms with E-state index < -0.39 is 97.5 Å².